The molecule has 118 valence electrons. The number of carbonyl (C=O) groups is 2. The summed E-state index contributed by atoms with van der Waals surface area (Å²) in [5, 5.41) is 3.22. The lowest BCUT2D eigenvalue weighted by molar-refractivity contribution is -0.141. The second-order valence-electron chi connectivity index (χ2n) is 4.13. The van der Waals surface area contributed by atoms with Gasteiger partial charge in [-0.2, -0.15) is 18.3 Å². The summed E-state index contributed by atoms with van der Waals surface area (Å²) in [5.41, 5.74) is 3.29. The maximum atomic E-state index is 12.3. The summed E-state index contributed by atoms with van der Waals surface area (Å²) in [6.07, 6.45) is -2.03. The van der Waals surface area contributed by atoms with Gasteiger partial charge in [0.15, 0.2) is 5.69 Å². The minimum atomic E-state index is -4.57. The summed E-state index contributed by atoms with van der Waals surface area (Å²) in [4.78, 5) is 25.8. The molecule has 7 nitrogen and oxygen atoms in total. The van der Waals surface area contributed by atoms with E-state index in [4.69, 9.17) is 0 Å². The number of amides is 2. The van der Waals surface area contributed by atoms with Crippen molar-refractivity contribution in [3.63, 3.8) is 0 Å². The van der Waals surface area contributed by atoms with Crippen molar-refractivity contribution >= 4 is 27.7 Å². The highest BCUT2D eigenvalue weighted by Crippen LogP contribution is 2.27. The van der Waals surface area contributed by atoms with Crippen LogP contribution in [0.25, 0.3) is 0 Å². The average Bonchev–Trinajstić information content (AvgIpc) is 3.04. The van der Waals surface area contributed by atoms with Crippen LogP contribution in [0.3, 0.4) is 0 Å². The van der Waals surface area contributed by atoms with Gasteiger partial charge in [-0.3, -0.25) is 25.1 Å². The van der Waals surface area contributed by atoms with Gasteiger partial charge in [0.2, 0.25) is 0 Å². The first-order valence-electron chi connectivity index (χ1n) is 5.79. The van der Waals surface area contributed by atoms with E-state index in [9.17, 15) is 22.8 Å². The molecule has 0 aliphatic rings. The number of hydrogen-bond acceptors (Lipinski definition) is 3. The molecule has 2 rings (SSSR count). The molecule has 0 aliphatic carbocycles. The number of alkyl halides is 3. The van der Waals surface area contributed by atoms with Crippen molar-refractivity contribution < 1.29 is 22.8 Å². The lowest BCUT2D eigenvalue weighted by atomic mass is 10.4. The van der Waals surface area contributed by atoms with E-state index in [-0.39, 0.29) is 5.69 Å². The third kappa shape index (κ3) is 4.10. The van der Waals surface area contributed by atoms with Crippen LogP contribution in [0.1, 0.15) is 16.2 Å². The lowest BCUT2D eigenvalue weighted by Gasteiger charge is -2.06. The van der Waals surface area contributed by atoms with Gasteiger partial charge >= 0.3 is 6.18 Å². The number of hydrazine groups is 1. The molecule has 22 heavy (non-hydrogen) atoms. The van der Waals surface area contributed by atoms with Crippen molar-refractivity contribution in [1.82, 2.24) is 25.6 Å². The molecule has 3 N–H and O–H groups in total. The molecule has 0 radical (unpaired) electrons. The molecule has 0 saturated heterocycles. The maximum Gasteiger partial charge on any atom is 0.435 e. The van der Waals surface area contributed by atoms with Gasteiger partial charge in [0.05, 0.1) is 0 Å². The standard InChI is InChI=1S/C11H9BrF3N5O2/c12-6-3-7(16-4-6)10(22)18-17-9(21)5-20-2-1-8(19-20)11(13,14)15/h1-4,16H,5H2,(H,17,21)(H,18,22). The van der Waals surface area contributed by atoms with Gasteiger partial charge in [-0.05, 0) is 28.1 Å². The number of aromatic nitrogens is 3. The van der Waals surface area contributed by atoms with Gasteiger partial charge < -0.3 is 4.98 Å². The fourth-order valence-corrected chi connectivity index (χ4v) is 1.82. The van der Waals surface area contributed by atoms with E-state index in [1.807, 2.05) is 0 Å². The molecule has 0 bridgehead atoms. The number of halogens is 4. The van der Waals surface area contributed by atoms with Crippen LogP contribution in [0.5, 0.6) is 0 Å². The molecule has 0 unspecified atom stereocenters. The number of rotatable bonds is 3. The fourth-order valence-electron chi connectivity index (χ4n) is 1.48. The Morgan fingerprint density at radius 1 is 1.36 bits per heavy atom. The van der Waals surface area contributed by atoms with E-state index >= 15 is 0 Å². The average molecular weight is 380 g/mol. The van der Waals surface area contributed by atoms with Gasteiger partial charge in [0.25, 0.3) is 11.8 Å². The normalized spacial score (nSPS) is 11.3. The molecule has 0 fully saturated rings. The zero-order valence-corrected chi connectivity index (χ0v) is 12.3. The quantitative estimate of drug-likeness (QED) is 0.704. The molecule has 2 heterocycles. The maximum absolute atomic E-state index is 12.3. The van der Waals surface area contributed by atoms with Crippen LogP contribution in [0, 0.1) is 0 Å². The Kier molecular flexibility index (Phi) is 4.54. The van der Waals surface area contributed by atoms with Gasteiger partial charge in [-0.25, -0.2) is 0 Å². The predicted molar refractivity (Wildman–Crippen MR) is 71.3 cm³/mol. The van der Waals surface area contributed by atoms with Gasteiger partial charge in [-0.1, -0.05) is 0 Å². The van der Waals surface area contributed by atoms with Crippen LogP contribution in [-0.4, -0.2) is 26.6 Å². The highest BCUT2D eigenvalue weighted by molar-refractivity contribution is 9.10. The summed E-state index contributed by atoms with van der Waals surface area (Å²) < 4.78 is 38.5. The van der Waals surface area contributed by atoms with Gasteiger partial charge in [0, 0.05) is 16.9 Å². The number of H-pyrrole nitrogens is 1. The number of hydrogen-bond donors (Lipinski definition) is 3. The minimum absolute atomic E-state index is 0.200. The van der Waals surface area contributed by atoms with Crippen LogP contribution in [-0.2, 0) is 17.5 Å². The summed E-state index contributed by atoms with van der Waals surface area (Å²) in [5.74, 6) is -1.33. The highest BCUT2D eigenvalue weighted by Gasteiger charge is 2.33. The Morgan fingerprint density at radius 3 is 2.64 bits per heavy atom. The number of aromatic amines is 1. The monoisotopic (exact) mass is 379 g/mol. The highest BCUT2D eigenvalue weighted by atomic mass is 79.9. The van der Waals surface area contributed by atoms with Crippen molar-refractivity contribution in [2.24, 2.45) is 0 Å². The molecule has 2 aromatic heterocycles. The largest absolute Gasteiger partial charge is 0.435 e. The van der Waals surface area contributed by atoms with E-state index < -0.39 is 30.2 Å². The number of nitrogens with zero attached hydrogens (tertiary/aromatic N) is 2. The first kappa shape index (κ1) is 16.1. The van der Waals surface area contributed by atoms with Crippen LogP contribution in [0.2, 0.25) is 0 Å². The molecular formula is C11H9BrF3N5O2. The Hall–Kier alpha value is -2.30. The number of carbonyl (C=O) groups excluding carboxylic acids is 2. The molecule has 0 aromatic carbocycles. The zero-order valence-electron chi connectivity index (χ0n) is 10.7. The van der Waals surface area contributed by atoms with Crippen molar-refractivity contribution in [2.45, 2.75) is 12.7 Å². The van der Waals surface area contributed by atoms with Crippen LogP contribution in [0.15, 0.2) is 29.0 Å². The Labute approximate surface area is 130 Å². The van der Waals surface area contributed by atoms with E-state index in [0.717, 1.165) is 16.9 Å². The van der Waals surface area contributed by atoms with Gasteiger partial charge in [0.1, 0.15) is 12.2 Å². The lowest BCUT2D eigenvalue weighted by Crippen LogP contribution is -2.43. The molecule has 2 amide bonds. The SMILES string of the molecule is O=C(Cn1ccc(C(F)(F)F)n1)NNC(=O)c1cc(Br)c[nH]1. The van der Waals surface area contributed by atoms with Crippen LogP contribution < -0.4 is 10.9 Å². The molecular weight excluding hydrogens is 371 g/mol. The summed E-state index contributed by atoms with van der Waals surface area (Å²) in [7, 11) is 0. The third-order valence-electron chi connectivity index (χ3n) is 2.44. The Bertz CT molecular complexity index is 694. The van der Waals surface area contributed by atoms with Crippen molar-refractivity contribution in [3.05, 3.63) is 40.4 Å². The van der Waals surface area contributed by atoms with E-state index in [1.165, 1.54) is 12.3 Å². The smallest absolute Gasteiger partial charge is 0.356 e. The summed E-state index contributed by atoms with van der Waals surface area (Å²) >= 11 is 3.14. The zero-order chi connectivity index (χ0) is 16.3. The van der Waals surface area contributed by atoms with E-state index in [1.54, 1.807) is 0 Å². The summed E-state index contributed by atoms with van der Waals surface area (Å²) in [6.45, 7) is -0.467. The van der Waals surface area contributed by atoms with Crippen molar-refractivity contribution in [3.8, 4) is 0 Å². The Morgan fingerprint density at radius 2 is 2.09 bits per heavy atom. The number of nitrogens with one attached hydrogen (secondary N) is 3. The van der Waals surface area contributed by atoms with Crippen molar-refractivity contribution in [2.75, 3.05) is 0 Å². The fraction of sp³-hybridized carbons (Fsp3) is 0.182. The third-order valence-corrected chi connectivity index (χ3v) is 2.90. The molecule has 0 aliphatic heterocycles. The molecule has 0 spiro atoms. The first-order chi connectivity index (χ1) is 10.3. The van der Waals surface area contributed by atoms with Crippen LogP contribution in [0.4, 0.5) is 13.2 Å². The van der Waals surface area contributed by atoms with Crippen molar-refractivity contribution in [1.29, 1.82) is 0 Å². The minimum Gasteiger partial charge on any atom is -0.356 e. The van der Waals surface area contributed by atoms with Gasteiger partial charge in [-0.15, -0.1) is 0 Å². The predicted octanol–water partition coefficient (Wildman–Crippen LogP) is 1.45. The first-order valence-corrected chi connectivity index (χ1v) is 6.59. The molecule has 11 heteroatoms. The molecule has 0 atom stereocenters. The molecule has 0 saturated carbocycles. The van der Waals surface area contributed by atoms with Crippen LogP contribution >= 0.6 is 15.9 Å². The second-order valence-corrected chi connectivity index (χ2v) is 5.05. The van der Waals surface area contributed by atoms with E-state index in [2.05, 4.69) is 36.9 Å². The topological polar surface area (TPSA) is 91.8 Å². The molecule has 2 aromatic rings. The Balaban J connectivity index is 1.85. The second kappa shape index (κ2) is 6.22. The summed E-state index contributed by atoms with van der Waals surface area (Å²) in [6, 6.07) is 2.24. The van der Waals surface area contributed by atoms with E-state index in [0.29, 0.717) is 4.47 Å².